The lowest BCUT2D eigenvalue weighted by atomic mass is 10.5. The average Bonchev–Trinajstić information content (AvgIpc) is 2.19. The summed E-state index contributed by atoms with van der Waals surface area (Å²) in [5, 5.41) is 0. The first kappa shape index (κ1) is 5.38. The standard InChI is InChI=1S/C6H9NO/c1-8-5-6-3-2-4-7-6/h2-4,7H,5H2,1H3. The molecule has 1 rings (SSSR count). The number of hydrogen-bond donors (Lipinski definition) is 1. The Morgan fingerprint density at radius 3 is 3.12 bits per heavy atom. The fourth-order valence-corrected chi connectivity index (χ4v) is 0.613. The summed E-state index contributed by atoms with van der Waals surface area (Å²) in [5.41, 5.74) is 1.12. The Kier molecular flexibility index (Phi) is 1.70. The summed E-state index contributed by atoms with van der Waals surface area (Å²) in [4.78, 5) is 3.01. The van der Waals surface area contributed by atoms with E-state index in [1.165, 1.54) is 0 Å². The largest absolute Gasteiger partial charge is 0.378 e. The van der Waals surface area contributed by atoms with Crippen molar-refractivity contribution < 1.29 is 4.74 Å². The van der Waals surface area contributed by atoms with Gasteiger partial charge in [-0.05, 0) is 12.1 Å². The van der Waals surface area contributed by atoms with Gasteiger partial charge in [0.2, 0.25) is 0 Å². The monoisotopic (exact) mass is 111 g/mol. The van der Waals surface area contributed by atoms with Gasteiger partial charge in [-0.15, -0.1) is 0 Å². The Morgan fingerprint density at radius 1 is 1.75 bits per heavy atom. The van der Waals surface area contributed by atoms with Gasteiger partial charge in [0, 0.05) is 19.0 Å². The molecule has 0 amide bonds. The van der Waals surface area contributed by atoms with Gasteiger partial charge in [-0.2, -0.15) is 0 Å². The number of hydrogen-bond acceptors (Lipinski definition) is 1. The summed E-state index contributed by atoms with van der Waals surface area (Å²) in [6.07, 6.45) is 1.88. The lowest BCUT2D eigenvalue weighted by Gasteiger charge is -1.90. The van der Waals surface area contributed by atoms with Gasteiger partial charge in [0.1, 0.15) is 0 Å². The van der Waals surface area contributed by atoms with Crippen molar-refractivity contribution in [2.24, 2.45) is 0 Å². The van der Waals surface area contributed by atoms with Crippen molar-refractivity contribution in [2.75, 3.05) is 7.11 Å². The van der Waals surface area contributed by atoms with Crippen LogP contribution in [-0.4, -0.2) is 12.1 Å². The molecule has 1 aromatic rings. The minimum absolute atomic E-state index is 0.674. The summed E-state index contributed by atoms with van der Waals surface area (Å²) in [6, 6.07) is 3.94. The van der Waals surface area contributed by atoms with Crippen LogP contribution in [-0.2, 0) is 11.3 Å². The van der Waals surface area contributed by atoms with Crippen LogP contribution in [0.1, 0.15) is 5.69 Å². The first-order chi connectivity index (χ1) is 3.93. The zero-order valence-electron chi connectivity index (χ0n) is 4.85. The fraction of sp³-hybridized carbons (Fsp3) is 0.333. The molecule has 0 aliphatic heterocycles. The van der Waals surface area contributed by atoms with Gasteiger partial charge in [0.25, 0.3) is 0 Å². The maximum atomic E-state index is 4.85. The maximum Gasteiger partial charge on any atom is 0.0861 e. The molecule has 0 aliphatic carbocycles. The van der Waals surface area contributed by atoms with Gasteiger partial charge in [-0.1, -0.05) is 0 Å². The second kappa shape index (κ2) is 2.52. The van der Waals surface area contributed by atoms with Gasteiger partial charge in [0.15, 0.2) is 0 Å². The molecule has 0 radical (unpaired) electrons. The van der Waals surface area contributed by atoms with Gasteiger partial charge < -0.3 is 9.72 Å². The predicted octanol–water partition coefficient (Wildman–Crippen LogP) is 1.16. The predicted molar refractivity (Wildman–Crippen MR) is 31.5 cm³/mol. The van der Waals surface area contributed by atoms with E-state index in [0.717, 1.165) is 5.69 Å². The molecule has 0 atom stereocenters. The van der Waals surface area contributed by atoms with Crippen LogP contribution in [0.4, 0.5) is 0 Å². The van der Waals surface area contributed by atoms with Crippen molar-refractivity contribution in [3.05, 3.63) is 24.0 Å². The van der Waals surface area contributed by atoms with Crippen molar-refractivity contribution in [1.82, 2.24) is 4.98 Å². The lowest BCUT2D eigenvalue weighted by Crippen LogP contribution is -1.84. The molecule has 44 valence electrons. The first-order valence-electron chi connectivity index (χ1n) is 2.54. The van der Waals surface area contributed by atoms with Crippen molar-refractivity contribution >= 4 is 0 Å². The summed E-state index contributed by atoms with van der Waals surface area (Å²) in [6.45, 7) is 0.674. The molecule has 8 heavy (non-hydrogen) atoms. The number of aromatic amines is 1. The molecule has 0 saturated carbocycles. The van der Waals surface area contributed by atoms with E-state index in [0.29, 0.717) is 6.61 Å². The van der Waals surface area contributed by atoms with Crippen LogP contribution in [0, 0.1) is 0 Å². The number of H-pyrrole nitrogens is 1. The Labute approximate surface area is 48.5 Å². The fourth-order valence-electron chi connectivity index (χ4n) is 0.613. The molecule has 1 N–H and O–H groups in total. The number of nitrogens with one attached hydrogen (secondary N) is 1. The highest BCUT2D eigenvalue weighted by molar-refractivity contribution is 5.01. The summed E-state index contributed by atoms with van der Waals surface area (Å²) < 4.78 is 4.85. The van der Waals surface area contributed by atoms with Crippen molar-refractivity contribution in [3.63, 3.8) is 0 Å². The van der Waals surface area contributed by atoms with Gasteiger partial charge in [-0.3, -0.25) is 0 Å². The molecular weight excluding hydrogens is 102 g/mol. The van der Waals surface area contributed by atoms with Crippen LogP contribution in [0.15, 0.2) is 18.3 Å². The number of rotatable bonds is 2. The van der Waals surface area contributed by atoms with E-state index in [1.807, 2.05) is 18.3 Å². The van der Waals surface area contributed by atoms with E-state index in [4.69, 9.17) is 4.74 Å². The second-order valence-electron chi connectivity index (χ2n) is 1.63. The number of methoxy groups -OCH3 is 1. The number of ether oxygens (including phenoxy) is 1. The third-order valence-electron chi connectivity index (χ3n) is 0.962. The molecular formula is C6H9NO. The van der Waals surface area contributed by atoms with Crippen LogP contribution in [0.5, 0.6) is 0 Å². The van der Waals surface area contributed by atoms with E-state index in [2.05, 4.69) is 4.98 Å². The van der Waals surface area contributed by atoms with E-state index in [-0.39, 0.29) is 0 Å². The quantitative estimate of drug-likeness (QED) is 0.608. The number of aromatic nitrogens is 1. The molecule has 0 saturated heterocycles. The Bertz CT molecular complexity index is 134. The summed E-state index contributed by atoms with van der Waals surface area (Å²) in [5.74, 6) is 0. The van der Waals surface area contributed by atoms with Crippen LogP contribution < -0.4 is 0 Å². The normalized spacial score (nSPS) is 9.62. The Morgan fingerprint density at radius 2 is 2.62 bits per heavy atom. The third-order valence-corrected chi connectivity index (χ3v) is 0.962. The smallest absolute Gasteiger partial charge is 0.0861 e. The Balaban J connectivity index is 2.50. The minimum atomic E-state index is 0.674. The Hall–Kier alpha value is -0.760. The van der Waals surface area contributed by atoms with E-state index in [1.54, 1.807) is 7.11 Å². The molecule has 2 nitrogen and oxygen atoms in total. The topological polar surface area (TPSA) is 25.0 Å². The van der Waals surface area contributed by atoms with E-state index in [9.17, 15) is 0 Å². The van der Waals surface area contributed by atoms with Crippen molar-refractivity contribution in [3.8, 4) is 0 Å². The van der Waals surface area contributed by atoms with Crippen LogP contribution in [0.3, 0.4) is 0 Å². The van der Waals surface area contributed by atoms with Crippen molar-refractivity contribution in [2.45, 2.75) is 6.61 Å². The van der Waals surface area contributed by atoms with Gasteiger partial charge >= 0.3 is 0 Å². The summed E-state index contributed by atoms with van der Waals surface area (Å²) >= 11 is 0. The molecule has 2 heteroatoms. The molecule has 0 aliphatic rings. The molecule has 0 spiro atoms. The first-order valence-corrected chi connectivity index (χ1v) is 2.54. The average molecular weight is 111 g/mol. The second-order valence-corrected chi connectivity index (χ2v) is 1.63. The van der Waals surface area contributed by atoms with Crippen LogP contribution in [0.25, 0.3) is 0 Å². The summed E-state index contributed by atoms with van der Waals surface area (Å²) in [7, 11) is 1.68. The molecule has 1 heterocycles. The maximum absolute atomic E-state index is 4.85. The lowest BCUT2D eigenvalue weighted by molar-refractivity contribution is 0.182. The highest BCUT2D eigenvalue weighted by Gasteiger charge is 1.85. The van der Waals surface area contributed by atoms with Gasteiger partial charge in [-0.25, -0.2) is 0 Å². The zero-order chi connectivity index (χ0) is 5.82. The van der Waals surface area contributed by atoms with Crippen LogP contribution in [0.2, 0.25) is 0 Å². The minimum Gasteiger partial charge on any atom is -0.378 e. The van der Waals surface area contributed by atoms with E-state index < -0.39 is 0 Å². The SMILES string of the molecule is COCc1ccc[nH]1. The zero-order valence-corrected chi connectivity index (χ0v) is 4.85. The third kappa shape index (κ3) is 1.10. The van der Waals surface area contributed by atoms with Crippen molar-refractivity contribution in [1.29, 1.82) is 0 Å². The van der Waals surface area contributed by atoms with Gasteiger partial charge in [0.05, 0.1) is 6.61 Å². The highest BCUT2D eigenvalue weighted by atomic mass is 16.5. The molecule has 0 bridgehead atoms. The highest BCUT2D eigenvalue weighted by Crippen LogP contribution is 1.93. The molecule has 0 aromatic carbocycles. The van der Waals surface area contributed by atoms with Crippen LogP contribution >= 0.6 is 0 Å². The molecule has 0 fully saturated rings. The molecule has 0 unspecified atom stereocenters. The van der Waals surface area contributed by atoms with E-state index >= 15 is 0 Å². The molecule has 1 aromatic heterocycles.